The second-order valence-corrected chi connectivity index (χ2v) is 7.64. The molecule has 0 bridgehead atoms. The molecule has 3 rings (SSSR count). The largest absolute Gasteiger partial charge is 0.508 e. The average molecular weight is 431 g/mol. The third-order valence-corrected chi connectivity index (χ3v) is 5.21. The fraction of sp³-hybridized carbons (Fsp3) is 0.333. The zero-order valence-electron chi connectivity index (χ0n) is 17.4. The molecule has 0 unspecified atom stereocenters. The first-order valence-corrected chi connectivity index (χ1v) is 9.94. The Morgan fingerprint density at radius 3 is 2.50 bits per heavy atom. The molecule has 0 radical (unpaired) electrons. The molecule has 0 aliphatic carbocycles. The molecule has 0 spiro atoms. The van der Waals surface area contributed by atoms with Crippen LogP contribution >= 0.6 is 12.6 Å². The van der Waals surface area contributed by atoms with Crippen molar-refractivity contribution in [3.8, 4) is 34.3 Å². The average Bonchev–Trinajstić information content (AvgIpc) is 3.08. The Morgan fingerprint density at radius 2 is 1.87 bits per heavy atom. The lowest BCUT2D eigenvalue weighted by atomic mass is 9.98. The molecule has 0 aliphatic heterocycles. The van der Waals surface area contributed by atoms with Gasteiger partial charge < -0.3 is 25.0 Å². The van der Waals surface area contributed by atoms with Crippen molar-refractivity contribution in [1.29, 1.82) is 0 Å². The van der Waals surface area contributed by atoms with Crippen LogP contribution in [0.25, 0.3) is 17.1 Å². The molecule has 9 heteroatoms. The number of ether oxygens (including phenoxy) is 1. The summed E-state index contributed by atoms with van der Waals surface area (Å²) in [6.45, 7) is 4.34. The van der Waals surface area contributed by atoms with E-state index in [1.807, 2.05) is 44.0 Å². The van der Waals surface area contributed by atoms with Crippen LogP contribution in [0.1, 0.15) is 25.3 Å². The molecule has 1 aromatic heterocycles. The van der Waals surface area contributed by atoms with E-state index in [0.717, 1.165) is 5.69 Å². The molecule has 0 amide bonds. The molecular formula is C21H26N4O4S. The lowest BCUT2D eigenvalue weighted by Crippen LogP contribution is -2.22. The highest BCUT2D eigenvalue weighted by Gasteiger charge is 2.21. The van der Waals surface area contributed by atoms with Crippen LogP contribution in [0.15, 0.2) is 35.5 Å². The summed E-state index contributed by atoms with van der Waals surface area (Å²) in [6.07, 6.45) is 0. The van der Waals surface area contributed by atoms with Gasteiger partial charge in [0, 0.05) is 19.7 Å². The lowest BCUT2D eigenvalue weighted by molar-refractivity contribution is 0.303. The van der Waals surface area contributed by atoms with E-state index in [9.17, 15) is 15.3 Å². The summed E-state index contributed by atoms with van der Waals surface area (Å²) in [5, 5.41) is 38.6. The van der Waals surface area contributed by atoms with Crippen LogP contribution in [-0.4, -0.2) is 57.4 Å². The van der Waals surface area contributed by atoms with Crippen LogP contribution in [0.3, 0.4) is 0 Å². The van der Waals surface area contributed by atoms with Gasteiger partial charge in [-0.25, -0.2) is 0 Å². The van der Waals surface area contributed by atoms with E-state index in [4.69, 9.17) is 4.74 Å². The van der Waals surface area contributed by atoms with E-state index in [-0.39, 0.29) is 24.0 Å². The number of thiol groups is 1. The van der Waals surface area contributed by atoms with Crippen molar-refractivity contribution < 1.29 is 20.1 Å². The van der Waals surface area contributed by atoms with E-state index in [0.29, 0.717) is 40.1 Å². The fourth-order valence-electron chi connectivity index (χ4n) is 3.31. The molecule has 8 nitrogen and oxygen atoms in total. The van der Waals surface area contributed by atoms with Crippen LogP contribution in [0, 0.1) is 0 Å². The Kier molecular flexibility index (Phi) is 6.42. The number of rotatable bonds is 7. The van der Waals surface area contributed by atoms with E-state index in [2.05, 4.69) is 22.8 Å². The summed E-state index contributed by atoms with van der Waals surface area (Å²) in [6, 6.07) is 8.55. The third-order valence-electron chi connectivity index (χ3n) is 4.92. The predicted molar refractivity (Wildman–Crippen MR) is 118 cm³/mol. The zero-order valence-corrected chi connectivity index (χ0v) is 18.3. The molecule has 0 fully saturated rings. The smallest absolute Gasteiger partial charge is 0.193 e. The first kappa shape index (κ1) is 21.8. The molecule has 30 heavy (non-hydrogen) atoms. The van der Waals surface area contributed by atoms with Crippen molar-refractivity contribution in [2.75, 3.05) is 32.2 Å². The van der Waals surface area contributed by atoms with Gasteiger partial charge in [0.2, 0.25) is 0 Å². The summed E-state index contributed by atoms with van der Waals surface area (Å²) in [4.78, 5) is 1.87. The number of phenolic OH excluding ortho intramolecular Hbond substituents is 2. The first-order valence-electron chi connectivity index (χ1n) is 9.49. The predicted octanol–water partition coefficient (Wildman–Crippen LogP) is 3.19. The SMILES string of the molecule is COc1ccc(-n2c(S)nnc2-c2cc(C(C)C)c(O)cc2O)cc1N(C)CCO. The Morgan fingerprint density at radius 1 is 1.13 bits per heavy atom. The minimum absolute atomic E-state index is 0.00105. The van der Waals surface area contributed by atoms with Gasteiger partial charge in [-0.3, -0.25) is 4.57 Å². The number of anilines is 1. The molecule has 0 aliphatic rings. The van der Waals surface area contributed by atoms with Crippen molar-refractivity contribution in [3.05, 3.63) is 35.9 Å². The number of hydrogen-bond acceptors (Lipinski definition) is 8. The summed E-state index contributed by atoms with van der Waals surface area (Å²) in [5.41, 5.74) is 2.61. The van der Waals surface area contributed by atoms with Crippen molar-refractivity contribution in [2.45, 2.75) is 24.9 Å². The number of likely N-dealkylation sites (N-methyl/N-ethyl adjacent to an activating group) is 1. The van der Waals surface area contributed by atoms with Gasteiger partial charge in [-0.05, 0) is 35.7 Å². The fourth-order valence-corrected chi connectivity index (χ4v) is 3.56. The highest BCUT2D eigenvalue weighted by molar-refractivity contribution is 7.80. The van der Waals surface area contributed by atoms with E-state index >= 15 is 0 Å². The third kappa shape index (κ3) is 4.03. The van der Waals surface area contributed by atoms with Crippen molar-refractivity contribution in [3.63, 3.8) is 0 Å². The van der Waals surface area contributed by atoms with Crippen molar-refractivity contribution in [1.82, 2.24) is 14.8 Å². The molecular weight excluding hydrogens is 404 g/mol. The topological polar surface area (TPSA) is 104 Å². The maximum Gasteiger partial charge on any atom is 0.193 e. The lowest BCUT2D eigenvalue weighted by Gasteiger charge is -2.22. The van der Waals surface area contributed by atoms with Gasteiger partial charge in [-0.1, -0.05) is 13.8 Å². The number of aliphatic hydroxyl groups excluding tert-OH is 1. The maximum absolute atomic E-state index is 10.5. The minimum atomic E-state index is -0.106. The van der Waals surface area contributed by atoms with Gasteiger partial charge in [0.1, 0.15) is 17.2 Å². The maximum atomic E-state index is 10.5. The standard InChI is InChI=1S/C21H26N4O4S/c1-12(2)14-10-15(18(28)11-17(14)27)20-22-23-21(30)25(20)13-5-6-19(29-4)16(9-13)24(3)7-8-26/h5-6,9-12,26-28H,7-8H2,1-4H3,(H,23,30). The number of aliphatic hydroxyl groups is 1. The van der Waals surface area contributed by atoms with Gasteiger partial charge in [-0.15, -0.1) is 22.8 Å². The van der Waals surface area contributed by atoms with Crippen LogP contribution in [0.4, 0.5) is 5.69 Å². The molecule has 160 valence electrons. The number of methoxy groups -OCH3 is 1. The highest BCUT2D eigenvalue weighted by Crippen LogP contribution is 2.39. The molecule has 3 aromatic rings. The summed E-state index contributed by atoms with van der Waals surface area (Å²) in [5.74, 6) is 1.02. The number of phenols is 2. The molecule has 2 aromatic carbocycles. The molecule has 0 saturated heterocycles. The van der Waals surface area contributed by atoms with Crippen LogP contribution in [0.5, 0.6) is 17.2 Å². The number of benzene rings is 2. The molecule has 3 N–H and O–H groups in total. The summed E-state index contributed by atoms with van der Waals surface area (Å²) >= 11 is 4.45. The molecule has 0 atom stereocenters. The van der Waals surface area contributed by atoms with Gasteiger partial charge in [0.15, 0.2) is 11.0 Å². The highest BCUT2D eigenvalue weighted by atomic mass is 32.1. The van der Waals surface area contributed by atoms with Crippen molar-refractivity contribution in [2.24, 2.45) is 0 Å². The Labute approximate surface area is 180 Å². The van der Waals surface area contributed by atoms with Gasteiger partial charge in [-0.2, -0.15) is 0 Å². The normalized spacial score (nSPS) is 11.2. The van der Waals surface area contributed by atoms with E-state index < -0.39 is 0 Å². The monoisotopic (exact) mass is 430 g/mol. The Balaban J connectivity index is 2.19. The van der Waals surface area contributed by atoms with E-state index in [1.54, 1.807) is 17.7 Å². The van der Waals surface area contributed by atoms with Crippen LogP contribution in [-0.2, 0) is 0 Å². The first-order chi connectivity index (χ1) is 14.3. The minimum Gasteiger partial charge on any atom is -0.508 e. The Bertz CT molecular complexity index is 1050. The van der Waals surface area contributed by atoms with Crippen LogP contribution in [0.2, 0.25) is 0 Å². The number of nitrogens with zero attached hydrogens (tertiary/aromatic N) is 4. The Hall–Kier alpha value is -2.91. The molecule has 0 saturated carbocycles. The zero-order chi connectivity index (χ0) is 22.0. The summed E-state index contributed by atoms with van der Waals surface area (Å²) in [7, 11) is 3.44. The van der Waals surface area contributed by atoms with Gasteiger partial charge in [0.25, 0.3) is 0 Å². The second kappa shape index (κ2) is 8.85. The number of hydrogen-bond donors (Lipinski definition) is 4. The number of aromatic hydroxyl groups is 2. The summed E-state index contributed by atoms with van der Waals surface area (Å²) < 4.78 is 7.16. The van der Waals surface area contributed by atoms with E-state index in [1.165, 1.54) is 6.07 Å². The van der Waals surface area contributed by atoms with Gasteiger partial charge >= 0.3 is 0 Å². The molecule has 1 heterocycles. The van der Waals surface area contributed by atoms with Gasteiger partial charge in [0.05, 0.1) is 30.7 Å². The second-order valence-electron chi connectivity index (χ2n) is 7.24. The number of aromatic nitrogens is 3. The van der Waals surface area contributed by atoms with Crippen LogP contribution < -0.4 is 9.64 Å². The quantitative estimate of drug-likeness (QED) is 0.427. The van der Waals surface area contributed by atoms with Crippen molar-refractivity contribution >= 4 is 18.3 Å².